The summed E-state index contributed by atoms with van der Waals surface area (Å²) in [5.74, 6) is -3.24. The molecular weight excluding hydrogens is 343 g/mol. The van der Waals surface area contributed by atoms with Crippen molar-refractivity contribution in [1.29, 1.82) is 5.26 Å². The summed E-state index contributed by atoms with van der Waals surface area (Å²) in [5, 5.41) is 11.2. The molecule has 0 aliphatic carbocycles. The van der Waals surface area contributed by atoms with E-state index in [9.17, 15) is 26.7 Å². The highest BCUT2D eigenvalue weighted by Gasteiger charge is 2.30. The molecule has 0 spiro atoms. The van der Waals surface area contributed by atoms with E-state index in [1.54, 1.807) is 6.07 Å². The molecule has 0 bridgehead atoms. The van der Waals surface area contributed by atoms with Crippen LogP contribution in [-0.4, -0.2) is 5.91 Å². The highest BCUT2D eigenvalue weighted by Crippen LogP contribution is 2.30. The first-order valence-electron chi connectivity index (χ1n) is 6.76. The van der Waals surface area contributed by atoms with Crippen molar-refractivity contribution in [3.63, 3.8) is 0 Å². The first kappa shape index (κ1) is 18.1. The summed E-state index contributed by atoms with van der Waals surface area (Å²) in [6, 6.07) is 8.18. The molecule has 0 unspecified atom stereocenters. The second kappa shape index (κ2) is 7.13. The Balaban J connectivity index is 2.25. The third-order valence-electron chi connectivity index (χ3n) is 3.07. The summed E-state index contributed by atoms with van der Waals surface area (Å²) >= 11 is 0. The fourth-order valence-electron chi connectivity index (χ4n) is 1.89. The Morgan fingerprint density at radius 3 is 2.40 bits per heavy atom. The minimum absolute atomic E-state index is 0.0506. The molecule has 8 heteroatoms. The molecule has 0 atom stereocenters. The van der Waals surface area contributed by atoms with E-state index in [0.29, 0.717) is 6.07 Å². The lowest BCUT2D eigenvalue weighted by molar-refractivity contribution is -0.137. The molecule has 0 fully saturated rings. The molecule has 0 heterocycles. The first-order chi connectivity index (χ1) is 11.7. The lowest BCUT2D eigenvalue weighted by atomic mass is 10.1. The van der Waals surface area contributed by atoms with Gasteiger partial charge in [0.2, 0.25) is 0 Å². The average Bonchev–Trinajstić information content (AvgIpc) is 2.55. The molecule has 3 nitrogen and oxygen atoms in total. The van der Waals surface area contributed by atoms with Gasteiger partial charge in [-0.25, -0.2) is 8.78 Å². The number of nitriles is 1. The van der Waals surface area contributed by atoms with Gasteiger partial charge in [-0.3, -0.25) is 4.79 Å². The number of hydrogen-bond acceptors (Lipinski definition) is 2. The number of amides is 1. The highest BCUT2D eigenvalue weighted by molar-refractivity contribution is 6.09. The van der Waals surface area contributed by atoms with Gasteiger partial charge in [0.1, 0.15) is 11.6 Å². The van der Waals surface area contributed by atoms with E-state index in [0.717, 1.165) is 36.4 Å². The topological polar surface area (TPSA) is 52.9 Å². The van der Waals surface area contributed by atoms with Crippen LogP contribution in [0.2, 0.25) is 0 Å². The number of alkyl halides is 3. The van der Waals surface area contributed by atoms with E-state index in [4.69, 9.17) is 5.26 Å². The molecule has 0 radical (unpaired) electrons. The first-order valence-corrected chi connectivity index (χ1v) is 6.76. The number of benzene rings is 2. The lowest BCUT2D eigenvalue weighted by Crippen LogP contribution is -2.14. The minimum atomic E-state index is -4.58. The zero-order chi connectivity index (χ0) is 18.6. The van der Waals surface area contributed by atoms with E-state index in [2.05, 4.69) is 5.32 Å². The molecule has 25 heavy (non-hydrogen) atoms. The van der Waals surface area contributed by atoms with Gasteiger partial charge in [-0.05, 0) is 42.0 Å². The number of nitrogens with one attached hydrogen (secondary N) is 1. The van der Waals surface area contributed by atoms with Crippen LogP contribution >= 0.6 is 0 Å². The quantitative estimate of drug-likeness (QED) is 0.501. The Hall–Kier alpha value is -3.21. The lowest BCUT2D eigenvalue weighted by Gasteiger charge is -2.09. The van der Waals surface area contributed by atoms with E-state index in [-0.39, 0.29) is 11.3 Å². The Kier molecular flexibility index (Phi) is 5.17. The van der Waals surface area contributed by atoms with E-state index in [1.165, 1.54) is 6.07 Å². The summed E-state index contributed by atoms with van der Waals surface area (Å²) in [4.78, 5) is 12.0. The third-order valence-corrected chi connectivity index (χ3v) is 3.07. The van der Waals surface area contributed by atoms with Crippen LogP contribution in [0.25, 0.3) is 6.08 Å². The maximum Gasteiger partial charge on any atom is 0.416 e. The number of rotatable bonds is 3. The highest BCUT2D eigenvalue weighted by atomic mass is 19.4. The summed E-state index contributed by atoms with van der Waals surface area (Å²) in [7, 11) is 0. The van der Waals surface area contributed by atoms with Gasteiger partial charge in [0.05, 0.1) is 5.56 Å². The monoisotopic (exact) mass is 352 g/mol. The van der Waals surface area contributed by atoms with Gasteiger partial charge in [0.15, 0.2) is 11.6 Å². The molecule has 1 amide bonds. The van der Waals surface area contributed by atoms with Gasteiger partial charge in [0, 0.05) is 5.69 Å². The summed E-state index contributed by atoms with van der Waals surface area (Å²) < 4.78 is 63.9. The fourth-order valence-corrected chi connectivity index (χ4v) is 1.89. The van der Waals surface area contributed by atoms with Crippen LogP contribution in [0.5, 0.6) is 0 Å². The van der Waals surface area contributed by atoms with E-state index in [1.807, 2.05) is 0 Å². The van der Waals surface area contributed by atoms with Crippen LogP contribution in [-0.2, 0) is 11.0 Å². The van der Waals surface area contributed by atoms with Crippen LogP contribution in [0.4, 0.5) is 27.6 Å². The van der Waals surface area contributed by atoms with Crippen LogP contribution in [0.15, 0.2) is 48.0 Å². The summed E-state index contributed by atoms with van der Waals surface area (Å²) in [6.45, 7) is 0. The summed E-state index contributed by atoms with van der Waals surface area (Å²) in [5.41, 5.74) is -1.56. The van der Waals surface area contributed by atoms with Crippen LogP contribution in [0, 0.1) is 23.0 Å². The zero-order valence-corrected chi connectivity index (χ0v) is 12.4. The predicted molar refractivity (Wildman–Crippen MR) is 80.0 cm³/mol. The summed E-state index contributed by atoms with van der Waals surface area (Å²) in [6.07, 6.45) is -3.59. The number of carbonyl (C=O) groups excluding carboxylic acids is 1. The molecule has 1 N–H and O–H groups in total. The number of halogens is 5. The van der Waals surface area contributed by atoms with Crippen molar-refractivity contribution in [2.24, 2.45) is 0 Å². The Labute approximate surface area is 139 Å². The molecule has 0 aliphatic rings. The van der Waals surface area contributed by atoms with Gasteiger partial charge < -0.3 is 5.32 Å². The average molecular weight is 352 g/mol. The number of carbonyl (C=O) groups is 1. The number of hydrogen-bond donors (Lipinski definition) is 1. The number of nitrogens with zero attached hydrogens (tertiary/aromatic N) is 1. The predicted octanol–water partition coefficient (Wildman–Crippen LogP) is 4.53. The van der Waals surface area contributed by atoms with Crippen molar-refractivity contribution >= 4 is 17.7 Å². The van der Waals surface area contributed by atoms with Crippen molar-refractivity contribution in [3.8, 4) is 6.07 Å². The second-order valence-electron chi connectivity index (χ2n) is 4.88. The van der Waals surface area contributed by atoms with Crippen molar-refractivity contribution in [1.82, 2.24) is 0 Å². The molecule has 0 saturated carbocycles. The SMILES string of the molecule is N#C/C(=C\c1ccc(F)c(F)c1)C(=O)Nc1cccc(C(F)(F)F)c1. The van der Waals surface area contributed by atoms with E-state index < -0.39 is 34.9 Å². The van der Waals surface area contributed by atoms with Gasteiger partial charge in [-0.15, -0.1) is 0 Å². The maximum absolute atomic E-state index is 13.1. The standard InChI is InChI=1S/C17H9F5N2O/c18-14-5-4-10(7-15(14)19)6-11(9-23)16(25)24-13-3-1-2-12(8-13)17(20,21)22/h1-8H,(H,24,25)/b11-6+. The smallest absolute Gasteiger partial charge is 0.321 e. The van der Waals surface area contributed by atoms with Gasteiger partial charge in [-0.2, -0.15) is 18.4 Å². The molecule has 0 aromatic heterocycles. The van der Waals surface area contributed by atoms with Gasteiger partial charge >= 0.3 is 6.18 Å². The minimum Gasteiger partial charge on any atom is -0.321 e. The van der Waals surface area contributed by atoms with Crippen LogP contribution in [0.3, 0.4) is 0 Å². The van der Waals surface area contributed by atoms with Crippen molar-refractivity contribution in [2.45, 2.75) is 6.18 Å². The maximum atomic E-state index is 13.1. The normalized spacial score (nSPS) is 11.8. The molecular formula is C17H9F5N2O. The van der Waals surface area contributed by atoms with Crippen LogP contribution in [0.1, 0.15) is 11.1 Å². The second-order valence-corrected chi connectivity index (χ2v) is 4.88. The van der Waals surface area contributed by atoms with Crippen molar-refractivity contribution < 1.29 is 26.7 Å². The van der Waals surface area contributed by atoms with Gasteiger partial charge in [0.25, 0.3) is 5.91 Å². The largest absolute Gasteiger partial charge is 0.416 e. The van der Waals surface area contributed by atoms with Crippen LogP contribution < -0.4 is 5.32 Å². The number of anilines is 1. The molecule has 0 saturated heterocycles. The zero-order valence-electron chi connectivity index (χ0n) is 12.4. The van der Waals surface area contributed by atoms with Crippen molar-refractivity contribution in [3.05, 3.63) is 70.8 Å². The Morgan fingerprint density at radius 2 is 1.80 bits per heavy atom. The molecule has 2 aromatic rings. The van der Waals surface area contributed by atoms with E-state index >= 15 is 0 Å². The third kappa shape index (κ3) is 4.64. The Bertz CT molecular complexity index is 881. The molecule has 2 aromatic carbocycles. The van der Waals surface area contributed by atoms with Gasteiger partial charge in [-0.1, -0.05) is 12.1 Å². The molecule has 2 rings (SSSR count). The molecule has 0 aliphatic heterocycles. The molecule has 128 valence electrons. The fraction of sp³-hybridized carbons (Fsp3) is 0.0588. The van der Waals surface area contributed by atoms with Crippen molar-refractivity contribution in [2.75, 3.05) is 5.32 Å². The Morgan fingerprint density at radius 1 is 1.08 bits per heavy atom.